The lowest BCUT2D eigenvalue weighted by Crippen LogP contribution is -2.58. The van der Waals surface area contributed by atoms with Gasteiger partial charge in [-0.1, -0.05) is 30.3 Å². The van der Waals surface area contributed by atoms with Crippen LogP contribution in [0.15, 0.2) is 30.3 Å². The molecular formula is C15H18F2N2O. The van der Waals surface area contributed by atoms with Crippen LogP contribution in [-0.2, 0) is 11.3 Å². The van der Waals surface area contributed by atoms with E-state index in [2.05, 4.69) is 0 Å². The van der Waals surface area contributed by atoms with Gasteiger partial charge in [-0.05, 0) is 5.56 Å². The fraction of sp³-hybridized carbons (Fsp3) is 0.533. The predicted octanol–water partition coefficient (Wildman–Crippen LogP) is 1.99. The highest BCUT2D eigenvalue weighted by atomic mass is 19.3. The first-order valence-electron chi connectivity index (χ1n) is 6.89. The van der Waals surface area contributed by atoms with Crippen molar-refractivity contribution >= 4 is 5.91 Å². The molecule has 0 aliphatic carbocycles. The Morgan fingerprint density at radius 2 is 1.85 bits per heavy atom. The first kappa shape index (κ1) is 13.5. The maximum absolute atomic E-state index is 12.3. The number of likely N-dealkylation sites (tertiary alicyclic amines) is 2. The Balaban J connectivity index is 1.57. The average Bonchev–Trinajstić information content (AvgIpc) is 2.67. The van der Waals surface area contributed by atoms with Crippen LogP contribution in [-0.4, -0.2) is 48.3 Å². The van der Waals surface area contributed by atoms with Gasteiger partial charge in [0.25, 0.3) is 6.43 Å². The molecule has 5 heteroatoms. The molecule has 0 atom stereocenters. The second kappa shape index (κ2) is 5.13. The molecule has 0 saturated carbocycles. The molecule has 2 heterocycles. The van der Waals surface area contributed by atoms with Crippen LogP contribution in [0.3, 0.4) is 0 Å². The Morgan fingerprint density at radius 1 is 1.15 bits per heavy atom. The second-order valence-electron chi connectivity index (χ2n) is 5.97. The number of carbonyl (C=O) groups is 1. The van der Waals surface area contributed by atoms with Crippen LogP contribution in [0.2, 0.25) is 0 Å². The van der Waals surface area contributed by atoms with E-state index in [0.29, 0.717) is 32.6 Å². The maximum atomic E-state index is 12.3. The number of hydrogen-bond donors (Lipinski definition) is 0. The van der Waals surface area contributed by atoms with Crippen molar-refractivity contribution < 1.29 is 13.6 Å². The van der Waals surface area contributed by atoms with Crippen molar-refractivity contribution in [2.75, 3.05) is 26.2 Å². The van der Waals surface area contributed by atoms with Gasteiger partial charge in [0, 0.05) is 38.0 Å². The second-order valence-corrected chi connectivity index (χ2v) is 5.97. The highest BCUT2D eigenvalue weighted by Crippen LogP contribution is 2.40. The summed E-state index contributed by atoms with van der Waals surface area (Å²) in [4.78, 5) is 15.7. The Labute approximate surface area is 117 Å². The van der Waals surface area contributed by atoms with Crippen LogP contribution in [0, 0.1) is 5.41 Å². The third-order valence-electron chi connectivity index (χ3n) is 4.14. The lowest BCUT2D eigenvalue weighted by molar-refractivity contribution is -0.128. The summed E-state index contributed by atoms with van der Waals surface area (Å²) in [6, 6.07) is 9.87. The minimum absolute atomic E-state index is 0.0826. The number of hydrogen-bond acceptors (Lipinski definition) is 2. The Hall–Kier alpha value is -1.49. The summed E-state index contributed by atoms with van der Waals surface area (Å²) in [7, 11) is 0. The minimum Gasteiger partial charge on any atom is -0.338 e. The van der Waals surface area contributed by atoms with Gasteiger partial charge in [-0.3, -0.25) is 9.69 Å². The molecule has 0 unspecified atom stereocenters. The van der Waals surface area contributed by atoms with Crippen molar-refractivity contribution in [2.45, 2.75) is 19.4 Å². The zero-order valence-corrected chi connectivity index (χ0v) is 11.3. The van der Waals surface area contributed by atoms with Gasteiger partial charge in [0.15, 0.2) is 0 Å². The van der Waals surface area contributed by atoms with E-state index in [-0.39, 0.29) is 17.9 Å². The molecule has 2 saturated heterocycles. The number of halogens is 2. The van der Waals surface area contributed by atoms with Gasteiger partial charge < -0.3 is 4.90 Å². The highest BCUT2D eigenvalue weighted by molar-refractivity contribution is 5.79. The fourth-order valence-electron chi connectivity index (χ4n) is 3.37. The summed E-state index contributed by atoms with van der Waals surface area (Å²) in [6.07, 6.45) is -1.79. The third kappa shape index (κ3) is 2.68. The molecule has 0 aromatic heterocycles. The summed E-state index contributed by atoms with van der Waals surface area (Å²) in [5.74, 6) is 0.144. The normalized spacial score (nSPS) is 21.8. The van der Waals surface area contributed by atoms with E-state index in [4.69, 9.17) is 0 Å². The standard InChI is InChI=1S/C15H18F2N2O/c16-13(17)8-18-9-15(10-18)6-14(20)19(11-15)7-12-4-2-1-3-5-12/h1-5,13H,6-11H2. The molecular weight excluding hydrogens is 262 g/mol. The first-order valence-corrected chi connectivity index (χ1v) is 6.89. The number of rotatable bonds is 4. The van der Waals surface area contributed by atoms with Crippen LogP contribution in [0.1, 0.15) is 12.0 Å². The van der Waals surface area contributed by atoms with E-state index in [9.17, 15) is 13.6 Å². The van der Waals surface area contributed by atoms with Gasteiger partial charge in [0.2, 0.25) is 5.91 Å². The van der Waals surface area contributed by atoms with E-state index >= 15 is 0 Å². The number of benzene rings is 1. The molecule has 0 N–H and O–H groups in total. The summed E-state index contributed by atoms with van der Waals surface area (Å²) >= 11 is 0. The summed E-state index contributed by atoms with van der Waals surface area (Å²) in [6.45, 7) is 2.38. The fourth-order valence-corrected chi connectivity index (χ4v) is 3.37. The third-order valence-corrected chi connectivity index (χ3v) is 4.14. The van der Waals surface area contributed by atoms with E-state index in [1.807, 2.05) is 35.2 Å². The van der Waals surface area contributed by atoms with Gasteiger partial charge in [-0.15, -0.1) is 0 Å². The lowest BCUT2D eigenvalue weighted by Gasteiger charge is -2.47. The van der Waals surface area contributed by atoms with Crippen molar-refractivity contribution in [1.29, 1.82) is 0 Å². The van der Waals surface area contributed by atoms with Gasteiger partial charge in [-0.25, -0.2) is 8.78 Å². The zero-order valence-electron chi connectivity index (χ0n) is 11.3. The molecule has 1 aromatic carbocycles. The van der Waals surface area contributed by atoms with Crippen molar-refractivity contribution in [3.8, 4) is 0 Å². The van der Waals surface area contributed by atoms with Crippen molar-refractivity contribution in [2.24, 2.45) is 5.41 Å². The molecule has 2 fully saturated rings. The van der Waals surface area contributed by atoms with E-state index in [1.165, 1.54) is 0 Å². The lowest BCUT2D eigenvalue weighted by atomic mass is 9.79. The van der Waals surface area contributed by atoms with Crippen LogP contribution in [0.5, 0.6) is 0 Å². The van der Waals surface area contributed by atoms with Crippen LogP contribution < -0.4 is 0 Å². The smallest absolute Gasteiger partial charge is 0.251 e. The first-order chi connectivity index (χ1) is 9.56. The molecule has 20 heavy (non-hydrogen) atoms. The molecule has 108 valence electrons. The summed E-state index contributed by atoms with van der Waals surface area (Å²) in [5.41, 5.74) is 1.03. The molecule has 0 radical (unpaired) electrons. The number of nitrogens with zero attached hydrogens (tertiary/aromatic N) is 2. The number of amides is 1. The quantitative estimate of drug-likeness (QED) is 0.842. The largest absolute Gasteiger partial charge is 0.338 e. The van der Waals surface area contributed by atoms with Gasteiger partial charge in [0.05, 0.1) is 6.54 Å². The Morgan fingerprint density at radius 3 is 2.50 bits per heavy atom. The van der Waals surface area contributed by atoms with Gasteiger partial charge >= 0.3 is 0 Å². The molecule has 1 amide bonds. The van der Waals surface area contributed by atoms with E-state index in [1.54, 1.807) is 4.90 Å². The van der Waals surface area contributed by atoms with Crippen LogP contribution in [0.25, 0.3) is 0 Å². The van der Waals surface area contributed by atoms with Gasteiger partial charge in [-0.2, -0.15) is 0 Å². The van der Waals surface area contributed by atoms with Crippen molar-refractivity contribution in [1.82, 2.24) is 9.80 Å². The molecule has 1 spiro atoms. The van der Waals surface area contributed by atoms with E-state index < -0.39 is 6.43 Å². The Bertz CT molecular complexity index is 486. The van der Waals surface area contributed by atoms with Crippen LogP contribution >= 0.6 is 0 Å². The van der Waals surface area contributed by atoms with Crippen molar-refractivity contribution in [3.05, 3.63) is 35.9 Å². The Kier molecular flexibility index (Phi) is 3.46. The topological polar surface area (TPSA) is 23.6 Å². The predicted molar refractivity (Wildman–Crippen MR) is 71.4 cm³/mol. The van der Waals surface area contributed by atoms with Crippen molar-refractivity contribution in [3.63, 3.8) is 0 Å². The average molecular weight is 280 g/mol. The zero-order chi connectivity index (χ0) is 14.2. The molecule has 1 aromatic rings. The SMILES string of the molecule is O=C1CC2(CN(CC(F)F)C2)CN1Cc1ccccc1. The molecule has 3 nitrogen and oxygen atoms in total. The highest BCUT2D eigenvalue weighted by Gasteiger charge is 2.51. The molecule has 2 aliphatic heterocycles. The summed E-state index contributed by atoms with van der Waals surface area (Å²) in [5, 5.41) is 0. The monoisotopic (exact) mass is 280 g/mol. The maximum Gasteiger partial charge on any atom is 0.251 e. The molecule has 2 aliphatic rings. The number of alkyl halides is 2. The van der Waals surface area contributed by atoms with E-state index in [0.717, 1.165) is 5.56 Å². The summed E-state index contributed by atoms with van der Waals surface area (Å²) < 4.78 is 24.6. The minimum atomic E-state index is -2.29. The molecule has 3 rings (SSSR count). The molecule has 0 bridgehead atoms. The number of carbonyl (C=O) groups excluding carboxylic acids is 1. The van der Waals surface area contributed by atoms with Crippen LogP contribution in [0.4, 0.5) is 8.78 Å². The van der Waals surface area contributed by atoms with Gasteiger partial charge in [0.1, 0.15) is 0 Å².